The van der Waals surface area contributed by atoms with Crippen LogP contribution in [0.4, 0.5) is 4.79 Å². The van der Waals surface area contributed by atoms with E-state index in [0.717, 1.165) is 0 Å². The normalized spacial score (nSPS) is 16.8. The molecular weight excluding hydrogens is 292 g/mol. The fourth-order valence-electron chi connectivity index (χ4n) is 2.25. The van der Waals surface area contributed by atoms with E-state index in [0.29, 0.717) is 11.6 Å². The highest BCUT2D eigenvalue weighted by Crippen LogP contribution is 2.22. The second kappa shape index (κ2) is 5.47. The van der Waals surface area contributed by atoms with Crippen LogP contribution in [0.25, 0.3) is 0 Å². The van der Waals surface area contributed by atoms with Crippen LogP contribution in [0.5, 0.6) is 0 Å². The maximum atomic E-state index is 12.0. The summed E-state index contributed by atoms with van der Waals surface area (Å²) >= 11 is 0. The van der Waals surface area contributed by atoms with Gasteiger partial charge in [0.1, 0.15) is 6.61 Å². The number of ether oxygens (including phenoxy) is 1. The summed E-state index contributed by atoms with van der Waals surface area (Å²) in [5.41, 5.74) is 0.395. The van der Waals surface area contributed by atoms with Crippen LogP contribution in [0.1, 0.15) is 27.1 Å². The molecule has 3 amide bonds. The van der Waals surface area contributed by atoms with Crippen molar-refractivity contribution in [3.63, 3.8) is 0 Å². The molecule has 0 saturated carbocycles. The van der Waals surface area contributed by atoms with E-state index in [-0.39, 0.29) is 30.7 Å². The first kappa shape index (κ1) is 14.1. The molecule has 0 unspecified atom stereocenters. The van der Waals surface area contributed by atoms with Crippen LogP contribution in [-0.4, -0.2) is 53.5 Å². The van der Waals surface area contributed by atoms with Crippen molar-refractivity contribution in [3.05, 3.63) is 35.4 Å². The third-order valence-corrected chi connectivity index (χ3v) is 3.38. The fraction of sp³-hybridized carbons (Fsp3) is 0.286. The lowest BCUT2D eigenvalue weighted by molar-refractivity contribution is -0.168. The standard InChI is InChI=1S/C14H12N2O6/c17-11(5-6-15-7-8-21-14(15)20)22-16-12(18)9-3-1-2-4-10(9)13(16)19/h1-4H,5-8H2. The van der Waals surface area contributed by atoms with Crippen molar-refractivity contribution in [3.8, 4) is 0 Å². The number of carbonyl (C=O) groups is 4. The van der Waals surface area contributed by atoms with E-state index < -0.39 is 23.9 Å². The van der Waals surface area contributed by atoms with Crippen molar-refractivity contribution in [2.45, 2.75) is 6.42 Å². The molecule has 0 atom stereocenters. The molecular formula is C14H12N2O6. The summed E-state index contributed by atoms with van der Waals surface area (Å²) < 4.78 is 4.72. The van der Waals surface area contributed by atoms with Crippen LogP contribution in [-0.2, 0) is 14.4 Å². The molecule has 3 rings (SSSR count). The summed E-state index contributed by atoms with van der Waals surface area (Å²) in [5, 5.41) is 0.454. The van der Waals surface area contributed by atoms with Gasteiger partial charge in [0.05, 0.1) is 24.1 Å². The second-order valence-corrected chi connectivity index (χ2v) is 4.76. The first-order valence-corrected chi connectivity index (χ1v) is 6.68. The van der Waals surface area contributed by atoms with Gasteiger partial charge in [0.25, 0.3) is 11.8 Å². The molecule has 2 heterocycles. The Bertz CT molecular complexity index is 636. The van der Waals surface area contributed by atoms with E-state index in [1.165, 1.54) is 17.0 Å². The predicted octanol–water partition coefficient (Wildman–Crippen LogP) is 0.583. The molecule has 2 aliphatic rings. The van der Waals surface area contributed by atoms with Gasteiger partial charge in [-0.3, -0.25) is 9.59 Å². The zero-order valence-electron chi connectivity index (χ0n) is 11.5. The van der Waals surface area contributed by atoms with E-state index in [4.69, 9.17) is 9.57 Å². The number of rotatable bonds is 4. The van der Waals surface area contributed by atoms with Gasteiger partial charge >= 0.3 is 12.1 Å². The van der Waals surface area contributed by atoms with Gasteiger partial charge in [0.15, 0.2) is 0 Å². The van der Waals surface area contributed by atoms with E-state index >= 15 is 0 Å². The Morgan fingerprint density at radius 3 is 2.32 bits per heavy atom. The number of nitrogens with zero attached hydrogens (tertiary/aromatic N) is 2. The number of amides is 3. The van der Waals surface area contributed by atoms with Crippen molar-refractivity contribution in [2.75, 3.05) is 19.7 Å². The molecule has 22 heavy (non-hydrogen) atoms. The fourth-order valence-corrected chi connectivity index (χ4v) is 2.25. The largest absolute Gasteiger partial charge is 0.448 e. The van der Waals surface area contributed by atoms with Gasteiger partial charge in [-0.05, 0) is 12.1 Å². The average molecular weight is 304 g/mol. The Kier molecular flexibility index (Phi) is 3.50. The van der Waals surface area contributed by atoms with Gasteiger partial charge < -0.3 is 14.5 Å². The van der Waals surface area contributed by atoms with Crippen LogP contribution in [0, 0.1) is 0 Å². The summed E-state index contributed by atoms with van der Waals surface area (Å²) in [6.45, 7) is 0.798. The van der Waals surface area contributed by atoms with Crippen LogP contribution < -0.4 is 0 Å². The molecule has 0 N–H and O–H groups in total. The quantitative estimate of drug-likeness (QED) is 0.756. The number of imide groups is 1. The number of hydrogen-bond donors (Lipinski definition) is 0. The SMILES string of the molecule is O=C(CCN1CCOC1=O)ON1C(=O)c2ccccc2C1=O. The van der Waals surface area contributed by atoms with Gasteiger partial charge in [0, 0.05) is 6.54 Å². The third-order valence-electron chi connectivity index (χ3n) is 3.38. The minimum absolute atomic E-state index is 0.112. The average Bonchev–Trinajstić information content (AvgIpc) is 3.03. The molecule has 0 spiro atoms. The molecule has 114 valence electrons. The van der Waals surface area contributed by atoms with Gasteiger partial charge in [-0.25, -0.2) is 9.59 Å². The van der Waals surface area contributed by atoms with Gasteiger partial charge in [-0.2, -0.15) is 0 Å². The van der Waals surface area contributed by atoms with Crippen molar-refractivity contribution in [2.24, 2.45) is 0 Å². The van der Waals surface area contributed by atoms with Crippen molar-refractivity contribution in [1.29, 1.82) is 0 Å². The molecule has 1 fully saturated rings. The summed E-state index contributed by atoms with van der Waals surface area (Å²) in [7, 11) is 0. The molecule has 0 aliphatic carbocycles. The maximum absolute atomic E-state index is 12.0. The zero-order chi connectivity index (χ0) is 15.7. The molecule has 1 aromatic carbocycles. The minimum Gasteiger partial charge on any atom is -0.448 e. The molecule has 0 aromatic heterocycles. The summed E-state index contributed by atoms with van der Waals surface area (Å²) in [4.78, 5) is 53.2. The lowest BCUT2D eigenvalue weighted by Crippen LogP contribution is -2.34. The Morgan fingerprint density at radius 2 is 1.77 bits per heavy atom. The Labute approximate surface area is 125 Å². The summed E-state index contributed by atoms with van der Waals surface area (Å²) in [5.74, 6) is -2.11. The topological polar surface area (TPSA) is 93.2 Å². The lowest BCUT2D eigenvalue weighted by Gasteiger charge is -2.15. The first-order chi connectivity index (χ1) is 10.6. The van der Waals surface area contributed by atoms with Crippen molar-refractivity contribution >= 4 is 23.9 Å². The highest BCUT2D eigenvalue weighted by atomic mass is 16.7. The number of hydrogen-bond acceptors (Lipinski definition) is 6. The van der Waals surface area contributed by atoms with Gasteiger partial charge in [0.2, 0.25) is 0 Å². The minimum atomic E-state index is -0.769. The highest BCUT2D eigenvalue weighted by molar-refractivity contribution is 6.20. The van der Waals surface area contributed by atoms with E-state index in [1.807, 2.05) is 0 Å². The number of benzene rings is 1. The van der Waals surface area contributed by atoms with Crippen LogP contribution in [0.3, 0.4) is 0 Å². The van der Waals surface area contributed by atoms with Crippen molar-refractivity contribution in [1.82, 2.24) is 9.96 Å². The molecule has 0 radical (unpaired) electrons. The smallest absolute Gasteiger partial charge is 0.409 e. The molecule has 0 bridgehead atoms. The van der Waals surface area contributed by atoms with E-state index in [9.17, 15) is 19.2 Å². The van der Waals surface area contributed by atoms with Crippen LogP contribution >= 0.6 is 0 Å². The summed E-state index contributed by atoms with van der Waals surface area (Å²) in [6, 6.07) is 6.22. The Morgan fingerprint density at radius 1 is 1.14 bits per heavy atom. The highest BCUT2D eigenvalue weighted by Gasteiger charge is 2.38. The molecule has 8 heteroatoms. The van der Waals surface area contributed by atoms with Crippen molar-refractivity contribution < 1.29 is 28.8 Å². The number of hydroxylamine groups is 2. The molecule has 2 aliphatic heterocycles. The van der Waals surface area contributed by atoms with E-state index in [1.54, 1.807) is 12.1 Å². The molecule has 1 aromatic rings. The molecule has 8 nitrogen and oxygen atoms in total. The second-order valence-electron chi connectivity index (χ2n) is 4.76. The Hall–Kier alpha value is -2.90. The van der Waals surface area contributed by atoms with Gasteiger partial charge in [-0.15, -0.1) is 0 Å². The maximum Gasteiger partial charge on any atom is 0.409 e. The van der Waals surface area contributed by atoms with Gasteiger partial charge in [-0.1, -0.05) is 17.2 Å². The summed E-state index contributed by atoms with van der Waals surface area (Å²) in [6.07, 6.45) is -0.629. The number of cyclic esters (lactones) is 1. The Balaban J connectivity index is 1.60. The van der Waals surface area contributed by atoms with Crippen LogP contribution in [0.2, 0.25) is 0 Å². The monoisotopic (exact) mass is 304 g/mol. The van der Waals surface area contributed by atoms with E-state index in [2.05, 4.69) is 0 Å². The first-order valence-electron chi connectivity index (χ1n) is 6.68. The third kappa shape index (κ3) is 2.39. The lowest BCUT2D eigenvalue weighted by atomic mass is 10.1. The van der Waals surface area contributed by atoms with Crippen LogP contribution in [0.15, 0.2) is 24.3 Å². The number of carbonyl (C=O) groups excluding carboxylic acids is 4. The number of fused-ring (bicyclic) bond motifs is 1. The zero-order valence-corrected chi connectivity index (χ0v) is 11.5. The molecule has 1 saturated heterocycles. The predicted molar refractivity (Wildman–Crippen MR) is 70.6 cm³/mol.